The van der Waals surface area contributed by atoms with Crippen LogP contribution in [0.15, 0.2) is 18.2 Å². The SMILES string of the molecule is CNC(=O)C(C)NC(=O)c1cc(F)ccc1C#CCN. The lowest BCUT2D eigenvalue weighted by molar-refractivity contribution is -0.122. The van der Waals surface area contributed by atoms with E-state index in [0.29, 0.717) is 5.56 Å². The van der Waals surface area contributed by atoms with Crippen LogP contribution in [0.4, 0.5) is 4.39 Å². The van der Waals surface area contributed by atoms with Gasteiger partial charge in [-0.2, -0.15) is 0 Å². The topological polar surface area (TPSA) is 84.2 Å². The molecule has 0 saturated carbocycles. The molecule has 106 valence electrons. The van der Waals surface area contributed by atoms with E-state index in [4.69, 9.17) is 5.73 Å². The molecule has 2 amide bonds. The van der Waals surface area contributed by atoms with Gasteiger partial charge in [-0.05, 0) is 25.1 Å². The summed E-state index contributed by atoms with van der Waals surface area (Å²) in [7, 11) is 1.46. The molecule has 1 unspecified atom stereocenters. The molecular formula is C14H16FN3O2. The van der Waals surface area contributed by atoms with Gasteiger partial charge in [0.2, 0.25) is 5.91 Å². The summed E-state index contributed by atoms with van der Waals surface area (Å²) in [5, 5.41) is 4.88. The summed E-state index contributed by atoms with van der Waals surface area (Å²) in [6.45, 7) is 1.66. The smallest absolute Gasteiger partial charge is 0.253 e. The molecule has 20 heavy (non-hydrogen) atoms. The third kappa shape index (κ3) is 4.07. The van der Waals surface area contributed by atoms with Crippen molar-refractivity contribution in [2.45, 2.75) is 13.0 Å². The summed E-state index contributed by atoms with van der Waals surface area (Å²) >= 11 is 0. The number of benzene rings is 1. The summed E-state index contributed by atoms with van der Waals surface area (Å²) in [5.41, 5.74) is 5.70. The molecule has 0 aromatic heterocycles. The first-order valence-electron chi connectivity index (χ1n) is 6.00. The molecule has 4 N–H and O–H groups in total. The summed E-state index contributed by atoms with van der Waals surface area (Å²) in [6, 6.07) is 2.95. The van der Waals surface area contributed by atoms with Crippen molar-refractivity contribution >= 4 is 11.8 Å². The zero-order chi connectivity index (χ0) is 15.1. The lowest BCUT2D eigenvalue weighted by Gasteiger charge is -2.13. The molecule has 0 heterocycles. The van der Waals surface area contributed by atoms with Crippen molar-refractivity contribution in [3.8, 4) is 11.8 Å². The highest BCUT2D eigenvalue weighted by Gasteiger charge is 2.17. The highest BCUT2D eigenvalue weighted by atomic mass is 19.1. The maximum Gasteiger partial charge on any atom is 0.253 e. The Hall–Kier alpha value is -2.39. The van der Waals surface area contributed by atoms with Crippen LogP contribution in [0.5, 0.6) is 0 Å². The van der Waals surface area contributed by atoms with Gasteiger partial charge in [0.25, 0.3) is 5.91 Å². The number of nitrogens with one attached hydrogen (secondary N) is 2. The maximum atomic E-state index is 13.3. The second-order valence-electron chi connectivity index (χ2n) is 4.01. The molecule has 0 fully saturated rings. The second kappa shape index (κ2) is 7.26. The van der Waals surface area contributed by atoms with Crippen LogP contribution in [0.1, 0.15) is 22.8 Å². The molecule has 0 radical (unpaired) electrons. The number of hydrogen-bond donors (Lipinski definition) is 3. The van der Waals surface area contributed by atoms with Gasteiger partial charge in [-0.1, -0.05) is 11.8 Å². The Labute approximate surface area is 116 Å². The van der Waals surface area contributed by atoms with Gasteiger partial charge in [-0.25, -0.2) is 4.39 Å². The van der Waals surface area contributed by atoms with Crippen molar-refractivity contribution in [1.82, 2.24) is 10.6 Å². The van der Waals surface area contributed by atoms with Crippen molar-refractivity contribution in [1.29, 1.82) is 0 Å². The molecule has 5 nitrogen and oxygen atoms in total. The Bertz CT molecular complexity index is 576. The molecular weight excluding hydrogens is 261 g/mol. The summed E-state index contributed by atoms with van der Waals surface area (Å²) in [6.07, 6.45) is 0. The van der Waals surface area contributed by atoms with E-state index in [9.17, 15) is 14.0 Å². The van der Waals surface area contributed by atoms with E-state index in [1.54, 1.807) is 0 Å². The number of carbonyl (C=O) groups is 2. The third-order valence-corrected chi connectivity index (χ3v) is 2.54. The minimum absolute atomic E-state index is 0.0710. The van der Waals surface area contributed by atoms with Crippen LogP contribution in [0, 0.1) is 17.7 Å². The fourth-order valence-corrected chi connectivity index (χ4v) is 1.52. The molecule has 0 saturated heterocycles. The number of likely N-dealkylation sites (N-methyl/N-ethyl adjacent to an activating group) is 1. The summed E-state index contributed by atoms with van der Waals surface area (Å²) < 4.78 is 13.3. The van der Waals surface area contributed by atoms with Crippen LogP contribution >= 0.6 is 0 Å². The van der Waals surface area contributed by atoms with Gasteiger partial charge in [-0.15, -0.1) is 0 Å². The van der Waals surface area contributed by atoms with Gasteiger partial charge in [-0.3, -0.25) is 9.59 Å². The Morgan fingerprint density at radius 1 is 1.45 bits per heavy atom. The van der Waals surface area contributed by atoms with Gasteiger partial charge in [0.1, 0.15) is 11.9 Å². The van der Waals surface area contributed by atoms with E-state index < -0.39 is 17.8 Å². The average molecular weight is 277 g/mol. The monoisotopic (exact) mass is 277 g/mol. The third-order valence-electron chi connectivity index (χ3n) is 2.54. The lowest BCUT2D eigenvalue weighted by Crippen LogP contribution is -2.43. The van der Waals surface area contributed by atoms with Gasteiger partial charge in [0.05, 0.1) is 12.1 Å². The minimum Gasteiger partial charge on any atom is -0.357 e. The van der Waals surface area contributed by atoms with E-state index in [0.717, 1.165) is 6.07 Å². The predicted molar refractivity (Wildman–Crippen MR) is 73.3 cm³/mol. The van der Waals surface area contributed by atoms with E-state index in [1.807, 2.05) is 0 Å². The first-order chi connectivity index (χ1) is 9.49. The number of halogens is 1. The number of amides is 2. The molecule has 6 heteroatoms. The largest absolute Gasteiger partial charge is 0.357 e. The zero-order valence-corrected chi connectivity index (χ0v) is 11.3. The van der Waals surface area contributed by atoms with E-state index >= 15 is 0 Å². The van der Waals surface area contributed by atoms with E-state index in [-0.39, 0.29) is 18.0 Å². The standard InChI is InChI=1S/C14H16FN3O2/c1-9(13(19)17-2)18-14(20)12-8-11(15)6-5-10(12)4-3-7-16/h5-6,8-9H,7,16H2,1-2H3,(H,17,19)(H,18,20). The highest BCUT2D eigenvalue weighted by Crippen LogP contribution is 2.10. The number of carbonyl (C=O) groups excluding carboxylic acids is 2. The van der Waals surface area contributed by atoms with Crippen LogP contribution < -0.4 is 16.4 Å². The zero-order valence-electron chi connectivity index (χ0n) is 11.3. The fraction of sp³-hybridized carbons (Fsp3) is 0.286. The van der Waals surface area contributed by atoms with Crippen molar-refractivity contribution in [2.24, 2.45) is 5.73 Å². The second-order valence-corrected chi connectivity index (χ2v) is 4.01. The van der Waals surface area contributed by atoms with Crippen LogP contribution in [0.3, 0.4) is 0 Å². The molecule has 1 aromatic carbocycles. The van der Waals surface area contributed by atoms with Crippen molar-refractivity contribution in [2.75, 3.05) is 13.6 Å². The summed E-state index contributed by atoms with van der Waals surface area (Å²) in [4.78, 5) is 23.4. The Morgan fingerprint density at radius 3 is 2.75 bits per heavy atom. The first-order valence-corrected chi connectivity index (χ1v) is 6.00. The quantitative estimate of drug-likeness (QED) is 0.680. The van der Waals surface area contributed by atoms with Crippen molar-refractivity contribution in [3.05, 3.63) is 35.1 Å². The van der Waals surface area contributed by atoms with Crippen molar-refractivity contribution < 1.29 is 14.0 Å². The number of nitrogens with two attached hydrogens (primary N) is 1. The minimum atomic E-state index is -0.730. The molecule has 0 aliphatic heterocycles. The van der Waals surface area contributed by atoms with Gasteiger partial charge in [0, 0.05) is 12.6 Å². The molecule has 1 atom stereocenters. The molecule has 1 aromatic rings. The fourth-order valence-electron chi connectivity index (χ4n) is 1.52. The Balaban J connectivity index is 3.02. The van der Waals surface area contributed by atoms with E-state index in [2.05, 4.69) is 22.5 Å². The van der Waals surface area contributed by atoms with Gasteiger partial charge in [0.15, 0.2) is 0 Å². The average Bonchev–Trinajstić information content (AvgIpc) is 2.44. The summed E-state index contributed by atoms with van der Waals surface area (Å²) in [5.74, 6) is 3.83. The Morgan fingerprint density at radius 2 is 2.15 bits per heavy atom. The molecule has 0 spiro atoms. The van der Waals surface area contributed by atoms with E-state index in [1.165, 1.54) is 26.1 Å². The lowest BCUT2D eigenvalue weighted by atomic mass is 10.1. The highest BCUT2D eigenvalue weighted by molar-refractivity contribution is 5.99. The molecule has 0 bridgehead atoms. The molecule has 0 aliphatic rings. The Kier molecular flexibility index (Phi) is 5.69. The first kappa shape index (κ1) is 15.7. The molecule has 0 aliphatic carbocycles. The van der Waals surface area contributed by atoms with Crippen LogP contribution in [-0.2, 0) is 4.79 Å². The normalized spacial score (nSPS) is 11.0. The van der Waals surface area contributed by atoms with Crippen LogP contribution in [0.2, 0.25) is 0 Å². The van der Waals surface area contributed by atoms with Gasteiger partial charge >= 0.3 is 0 Å². The van der Waals surface area contributed by atoms with Crippen LogP contribution in [-0.4, -0.2) is 31.4 Å². The molecule has 1 rings (SSSR count). The predicted octanol–water partition coefficient (Wildman–Crippen LogP) is 0.000200. The number of hydrogen-bond acceptors (Lipinski definition) is 3. The number of rotatable bonds is 3. The van der Waals surface area contributed by atoms with Crippen LogP contribution in [0.25, 0.3) is 0 Å². The van der Waals surface area contributed by atoms with Gasteiger partial charge < -0.3 is 16.4 Å². The maximum absolute atomic E-state index is 13.3. The van der Waals surface area contributed by atoms with Crippen molar-refractivity contribution in [3.63, 3.8) is 0 Å².